The SMILES string of the molecule is CS(=O)(=O)NC1(CCl)CCCCC1. The molecule has 1 fully saturated rings. The van der Waals surface area contributed by atoms with Crippen LogP contribution < -0.4 is 4.72 Å². The van der Waals surface area contributed by atoms with Crippen molar-refractivity contribution in [3.05, 3.63) is 0 Å². The van der Waals surface area contributed by atoms with Gasteiger partial charge in [0, 0.05) is 11.4 Å². The third kappa shape index (κ3) is 3.44. The molecule has 0 saturated heterocycles. The van der Waals surface area contributed by atoms with E-state index in [4.69, 9.17) is 11.6 Å². The first-order chi connectivity index (χ1) is 5.97. The highest BCUT2D eigenvalue weighted by molar-refractivity contribution is 7.88. The molecule has 1 aliphatic carbocycles. The molecular formula is C8H16ClNO2S. The van der Waals surface area contributed by atoms with Crippen LogP contribution in [0.2, 0.25) is 0 Å². The maximum Gasteiger partial charge on any atom is 0.209 e. The summed E-state index contributed by atoms with van der Waals surface area (Å²) in [4.78, 5) is 0. The summed E-state index contributed by atoms with van der Waals surface area (Å²) in [5.74, 6) is 0.375. The molecule has 0 amide bonds. The number of sulfonamides is 1. The molecule has 0 bridgehead atoms. The summed E-state index contributed by atoms with van der Waals surface area (Å²) in [6, 6.07) is 0. The smallest absolute Gasteiger partial charge is 0.209 e. The standard InChI is InChI=1S/C8H16ClNO2S/c1-13(11,12)10-8(7-9)5-3-2-4-6-8/h10H,2-7H2,1H3. The van der Waals surface area contributed by atoms with Gasteiger partial charge in [-0.2, -0.15) is 0 Å². The van der Waals surface area contributed by atoms with Gasteiger partial charge in [0.1, 0.15) is 0 Å². The summed E-state index contributed by atoms with van der Waals surface area (Å²) in [5.41, 5.74) is -0.368. The Bertz CT molecular complexity index is 257. The third-order valence-electron chi connectivity index (χ3n) is 2.47. The van der Waals surface area contributed by atoms with Crippen LogP contribution >= 0.6 is 11.6 Å². The minimum Gasteiger partial charge on any atom is -0.213 e. The molecule has 0 aromatic carbocycles. The van der Waals surface area contributed by atoms with E-state index in [9.17, 15) is 8.42 Å². The Kier molecular flexibility index (Phi) is 3.60. The summed E-state index contributed by atoms with van der Waals surface area (Å²) < 4.78 is 24.8. The molecule has 0 aromatic heterocycles. The molecule has 1 N–H and O–H groups in total. The number of nitrogens with one attached hydrogen (secondary N) is 1. The van der Waals surface area contributed by atoms with E-state index in [1.807, 2.05) is 0 Å². The van der Waals surface area contributed by atoms with E-state index in [-0.39, 0.29) is 5.54 Å². The van der Waals surface area contributed by atoms with Crippen LogP contribution in [0.1, 0.15) is 32.1 Å². The lowest BCUT2D eigenvalue weighted by Gasteiger charge is -2.35. The van der Waals surface area contributed by atoms with Gasteiger partial charge in [-0.15, -0.1) is 11.6 Å². The Morgan fingerprint density at radius 3 is 2.23 bits per heavy atom. The molecular weight excluding hydrogens is 210 g/mol. The molecule has 1 aliphatic rings. The predicted molar refractivity (Wildman–Crippen MR) is 54.5 cm³/mol. The van der Waals surface area contributed by atoms with Crippen molar-refractivity contribution in [3.8, 4) is 0 Å². The Balaban J connectivity index is 2.68. The molecule has 0 radical (unpaired) electrons. The van der Waals surface area contributed by atoms with Crippen LogP contribution in [0.15, 0.2) is 0 Å². The molecule has 0 heterocycles. The lowest BCUT2D eigenvalue weighted by Crippen LogP contribution is -2.50. The Morgan fingerprint density at radius 1 is 1.31 bits per heavy atom. The van der Waals surface area contributed by atoms with Crippen LogP contribution in [0.3, 0.4) is 0 Å². The molecule has 0 atom stereocenters. The highest BCUT2D eigenvalue weighted by Crippen LogP contribution is 2.29. The number of hydrogen-bond donors (Lipinski definition) is 1. The lowest BCUT2D eigenvalue weighted by atomic mass is 9.84. The third-order valence-corrected chi connectivity index (χ3v) is 3.78. The van der Waals surface area contributed by atoms with E-state index in [1.54, 1.807) is 0 Å². The van der Waals surface area contributed by atoms with Crippen molar-refractivity contribution in [2.24, 2.45) is 0 Å². The fourth-order valence-electron chi connectivity index (χ4n) is 1.88. The van der Waals surface area contributed by atoms with Gasteiger partial charge >= 0.3 is 0 Å². The minimum atomic E-state index is -3.13. The van der Waals surface area contributed by atoms with Crippen LogP contribution in [0.5, 0.6) is 0 Å². The second kappa shape index (κ2) is 4.15. The van der Waals surface area contributed by atoms with Gasteiger partial charge in [-0.3, -0.25) is 0 Å². The quantitative estimate of drug-likeness (QED) is 0.740. The molecule has 3 nitrogen and oxygen atoms in total. The van der Waals surface area contributed by atoms with E-state index in [1.165, 1.54) is 12.7 Å². The number of alkyl halides is 1. The maximum atomic E-state index is 11.1. The highest BCUT2D eigenvalue weighted by atomic mass is 35.5. The Morgan fingerprint density at radius 2 is 1.85 bits per heavy atom. The van der Waals surface area contributed by atoms with Gasteiger partial charge in [0.15, 0.2) is 0 Å². The summed E-state index contributed by atoms with van der Waals surface area (Å²) in [5, 5.41) is 0. The normalized spacial score (nSPS) is 22.9. The number of rotatable bonds is 3. The van der Waals surface area contributed by atoms with Crippen LogP contribution in [0.25, 0.3) is 0 Å². The van der Waals surface area contributed by atoms with Gasteiger partial charge in [-0.05, 0) is 12.8 Å². The van der Waals surface area contributed by atoms with E-state index in [2.05, 4.69) is 4.72 Å². The molecule has 5 heteroatoms. The van der Waals surface area contributed by atoms with Gasteiger partial charge in [0.05, 0.1) is 6.26 Å². The zero-order valence-electron chi connectivity index (χ0n) is 7.85. The molecule has 1 saturated carbocycles. The van der Waals surface area contributed by atoms with Gasteiger partial charge in [-0.25, -0.2) is 13.1 Å². The summed E-state index contributed by atoms with van der Waals surface area (Å²) in [7, 11) is -3.13. The predicted octanol–water partition coefficient (Wildman–Crippen LogP) is 1.48. The molecule has 13 heavy (non-hydrogen) atoms. The van der Waals surface area contributed by atoms with E-state index >= 15 is 0 Å². The van der Waals surface area contributed by atoms with Gasteiger partial charge < -0.3 is 0 Å². The molecule has 0 spiro atoms. The van der Waals surface area contributed by atoms with Crippen molar-refractivity contribution in [2.75, 3.05) is 12.1 Å². The van der Waals surface area contributed by atoms with Gasteiger partial charge in [-0.1, -0.05) is 19.3 Å². The Labute approximate surface area is 84.9 Å². The van der Waals surface area contributed by atoms with Crippen molar-refractivity contribution < 1.29 is 8.42 Å². The summed E-state index contributed by atoms with van der Waals surface area (Å²) in [6.45, 7) is 0. The van der Waals surface area contributed by atoms with Gasteiger partial charge in [0.2, 0.25) is 10.0 Å². The first kappa shape index (κ1) is 11.3. The maximum absolute atomic E-state index is 11.1. The van der Waals surface area contributed by atoms with Gasteiger partial charge in [0.25, 0.3) is 0 Å². The first-order valence-electron chi connectivity index (χ1n) is 4.52. The molecule has 0 aromatic rings. The first-order valence-corrected chi connectivity index (χ1v) is 6.95. The molecule has 78 valence electrons. The van der Waals surface area contributed by atoms with E-state index in [0.29, 0.717) is 5.88 Å². The lowest BCUT2D eigenvalue weighted by molar-refractivity contribution is 0.298. The zero-order chi connectivity index (χ0) is 9.95. The topological polar surface area (TPSA) is 46.2 Å². The van der Waals surface area contributed by atoms with Crippen molar-refractivity contribution in [2.45, 2.75) is 37.6 Å². The van der Waals surface area contributed by atoms with Crippen LogP contribution in [0.4, 0.5) is 0 Å². The Hall–Kier alpha value is 0.200. The highest BCUT2D eigenvalue weighted by Gasteiger charge is 2.33. The van der Waals surface area contributed by atoms with Crippen LogP contribution in [-0.4, -0.2) is 26.1 Å². The van der Waals surface area contributed by atoms with E-state index < -0.39 is 10.0 Å². The van der Waals surface area contributed by atoms with Crippen molar-refractivity contribution in [1.82, 2.24) is 4.72 Å². The number of halogens is 1. The van der Waals surface area contributed by atoms with Crippen molar-refractivity contribution >= 4 is 21.6 Å². The summed E-state index contributed by atoms with van der Waals surface area (Å²) in [6.07, 6.45) is 6.23. The van der Waals surface area contributed by atoms with Crippen LogP contribution in [0, 0.1) is 0 Å². The fourth-order valence-corrected chi connectivity index (χ4v) is 3.36. The summed E-state index contributed by atoms with van der Waals surface area (Å²) >= 11 is 5.82. The molecule has 0 aliphatic heterocycles. The second-order valence-electron chi connectivity index (χ2n) is 3.85. The monoisotopic (exact) mass is 225 g/mol. The molecule has 1 rings (SSSR count). The number of hydrogen-bond acceptors (Lipinski definition) is 2. The fraction of sp³-hybridized carbons (Fsp3) is 1.00. The van der Waals surface area contributed by atoms with Crippen molar-refractivity contribution in [1.29, 1.82) is 0 Å². The zero-order valence-corrected chi connectivity index (χ0v) is 9.42. The minimum absolute atomic E-state index is 0.368. The average molecular weight is 226 g/mol. The second-order valence-corrected chi connectivity index (χ2v) is 5.86. The van der Waals surface area contributed by atoms with Crippen LogP contribution in [-0.2, 0) is 10.0 Å². The largest absolute Gasteiger partial charge is 0.213 e. The van der Waals surface area contributed by atoms with E-state index in [0.717, 1.165) is 25.7 Å². The van der Waals surface area contributed by atoms with Crippen molar-refractivity contribution in [3.63, 3.8) is 0 Å². The average Bonchev–Trinajstić information content (AvgIpc) is 2.03. The molecule has 0 unspecified atom stereocenters.